The summed E-state index contributed by atoms with van der Waals surface area (Å²) in [7, 11) is 5.40. The molecule has 0 saturated heterocycles. The maximum atomic E-state index is 11.3. The molecule has 1 N–H and O–H groups in total. The molecule has 0 aliphatic rings. The first kappa shape index (κ1) is 15.5. The van der Waals surface area contributed by atoms with Gasteiger partial charge in [0, 0.05) is 5.56 Å². The van der Waals surface area contributed by atoms with Gasteiger partial charge in [0.2, 0.25) is 0 Å². The van der Waals surface area contributed by atoms with Crippen molar-refractivity contribution in [2.24, 2.45) is 5.92 Å². The van der Waals surface area contributed by atoms with E-state index in [1.807, 2.05) is 45.0 Å². The molecule has 1 aromatic carbocycles. The lowest BCUT2D eigenvalue weighted by atomic mass is 9.90. The second-order valence-electron chi connectivity index (χ2n) is 5.24. The van der Waals surface area contributed by atoms with Crippen molar-refractivity contribution in [2.45, 2.75) is 26.8 Å². The van der Waals surface area contributed by atoms with Crippen molar-refractivity contribution in [3.05, 3.63) is 28.8 Å². The number of aryl methyl sites for hydroxylation is 2. The van der Waals surface area contributed by atoms with Crippen LogP contribution in [0.15, 0.2) is 12.1 Å². The first-order chi connectivity index (χ1) is 8.79. The summed E-state index contributed by atoms with van der Waals surface area (Å²) in [6, 6.07) is 3.84. The highest BCUT2D eigenvalue weighted by molar-refractivity contribution is 5.71. The number of carboxylic acids is 1. The molecular weight excluding hydrogens is 242 g/mol. The quantitative estimate of drug-likeness (QED) is 0.889. The van der Waals surface area contributed by atoms with E-state index in [2.05, 4.69) is 0 Å². The lowest BCUT2D eigenvalue weighted by molar-refractivity contribution is -0.143. The highest BCUT2D eigenvalue weighted by atomic mass is 16.5. The van der Waals surface area contributed by atoms with Crippen molar-refractivity contribution in [1.82, 2.24) is 4.90 Å². The molecule has 1 rings (SSSR count). The Kier molecular flexibility index (Phi) is 4.95. The molecule has 0 amide bonds. The molecule has 0 aliphatic heterocycles. The van der Waals surface area contributed by atoms with Gasteiger partial charge in [0.25, 0.3) is 0 Å². The molecule has 0 spiro atoms. The summed E-state index contributed by atoms with van der Waals surface area (Å²) in [6.07, 6.45) is 0. The predicted octanol–water partition coefficient (Wildman–Crippen LogP) is 2.64. The van der Waals surface area contributed by atoms with E-state index in [-0.39, 0.29) is 6.04 Å². The molecule has 0 aliphatic carbocycles. The number of carbonyl (C=O) groups is 1. The zero-order valence-corrected chi connectivity index (χ0v) is 12.5. The fourth-order valence-electron chi connectivity index (χ4n) is 2.62. The third kappa shape index (κ3) is 3.26. The lowest BCUT2D eigenvalue weighted by Crippen LogP contribution is -2.31. The van der Waals surface area contributed by atoms with Gasteiger partial charge in [-0.25, -0.2) is 0 Å². The van der Waals surface area contributed by atoms with Crippen LogP contribution in [0, 0.1) is 19.8 Å². The lowest BCUT2D eigenvalue weighted by Gasteiger charge is -2.30. The van der Waals surface area contributed by atoms with Crippen LogP contribution in [0.1, 0.15) is 29.7 Å². The van der Waals surface area contributed by atoms with Crippen LogP contribution in [0.25, 0.3) is 0 Å². The SMILES string of the molecule is COc1c(C)cc(C)cc1C(C(C)C(=O)O)N(C)C. The summed E-state index contributed by atoms with van der Waals surface area (Å²) in [4.78, 5) is 13.2. The third-order valence-corrected chi connectivity index (χ3v) is 3.39. The van der Waals surface area contributed by atoms with Crippen LogP contribution in [0.4, 0.5) is 0 Å². The number of hydrogen-bond donors (Lipinski definition) is 1. The van der Waals surface area contributed by atoms with Crippen LogP contribution in [0.2, 0.25) is 0 Å². The van der Waals surface area contributed by atoms with Crippen molar-refractivity contribution in [3.63, 3.8) is 0 Å². The summed E-state index contributed by atoms with van der Waals surface area (Å²) in [5, 5.41) is 9.30. The van der Waals surface area contributed by atoms with Crippen molar-refractivity contribution >= 4 is 5.97 Å². The Morgan fingerprint density at radius 3 is 2.32 bits per heavy atom. The molecule has 106 valence electrons. The van der Waals surface area contributed by atoms with Crippen LogP contribution >= 0.6 is 0 Å². The Balaban J connectivity index is 3.41. The minimum Gasteiger partial charge on any atom is -0.496 e. The minimum absolute atomic E-state index is 0.217. The first-order valence-electron chi connectivity index (χ1n) is 6.34. The fourth-order valence-corrected chi connectivity index (χ4v) is 2.62. The summed E-state index contributed by atoms with van der Waals surface area (Å²) >= 11 is 0. The topological polar surface area (TPSA) is 49.8 Å². The minimum atomic E-state index is -0.806. The van der Waals surface area contributed by atoms with Gasteiger partial charge in [-0.05, 0) is 33.5 Å². The molecule has 0 heterocycles. The van der Waals surface area contributed by atoms with Gasteiger partial charge >= 0.3 is 5.97 Å². The summed E-state index contributed by atoms with van der Waals surface area (Å²) in [6.45, 7) is 5.71. The Labute approximate surface area is 115 Å². The summed E-state index contributed by atoms with van der Waals surface area (Å²) in [5.74, 6) is -0.539. The second-order valence-corrected chi connectivity index (χ2v) is 5.24. The Bertz CT molecular complexity index is 469. The second kappa shape index (κ2) is 6.06. The Morgan fingerprint density at radius 2 is 1.89 bits per heavy atom. The predicted molar refractivity (Wildman–Crippen MR) is 75.7 cm³/mol. The summed E-state index contributed by atoms with van der Waals surface area (Å²) < 4.78 is 5.47. The molecule has 0 saturated carbocycles. The summed E-state index contributed by atoms with van der Waals surface area (Å²) in [5.41, 5.74) is 3.07. The van der Waals surface area contributed by atoms with Gasteiger partial charge in [-0.3, -0.25) is 4.79 Å². The third-order valence-electron chi connectivity index (χ3n) is 3.39. The van der Waals surface area contributed by atoms with E-state index in [9.17, 15) is 9.90 Å². The molecule has 0 aromatic heterocycles. The maximum absolute atomic E-state index is 11.3. The van der Waals surface area contributed by atoms with Crippen LogP contribution in [0.5, 0.6) is 5.75 Å². The normalized spacial score (nSPS) is 14.3. The number of ether oxygens (including phenoxy) is 1. The number of methoxy groups -OCH3 is 1. The van der Waals surface area contributed by atoms with Crippen LogP contribution < -0.4 is 4.74 Å². The van der Waals surface area contributed by atoms with E-state index in [1.165, 1.54) is 0 Å². The average molecular weight is 265 g/mol. The van der Waals surface area contributed by atoms with E-state index in [4.69, 9.17) is 4.74 Å². The highest BCUT2D eigenvalue weighted by Gasteiger charge is 2.30. The molecule has 4 heteroatoms. The van der Waals surface area contributed by atoms with Gasteiger partial charge in [0.15, 0.2) is 0 Å². The van der Waals surface area contributed by atoms with E-state index in [0.29, 0.717) is 0 Å². The smallest absolute Gasteiger partial charge is 0.308 e. The van der Waals surface area contributed by atoms with E-state index < -0.39 is 11.9 Å². The van der Waals surface area contributed by atoms with Gasteiger partial charge in [0.05, 0.1) is 19.1 Å². The van der Waals surface area contributed by atoms with Crippen LogP contribution in [-0.2, 0) is 4.79 Å². The molecule has 0 fully saturated rings. The zero-order valence-electron chi connectivity index (χ0n) is 12.5. The van der Waals surface area contributed by atoms with E-state index >= 15 is 0 Å². The van der Waals surface area contributed by atoms with E-state index in [1.54, 1.807) is 14.0 Å². The van der Waals surface area contributed by atoms with Crippen LogP contribution in [0.3, 0.4) is 0 Å². The molecule has 4 nitrogen and oxygen atoms in total. The molecule has 2 atom stereocenters. The van der Waals surface area contributed by atoms with Gasteiger partial charge in [-0.1, -0.05) is 24.6 Å². The Morgan fingerprint density at radius 1 is 1.32 bits per heavy atom. The van der Waals surface area contributed by atoms with Gasteiger partial charge in [0.1, 0.15) is 5.75 Å². The first-order valence-corrected chi connectivity index (χ1v) is 6.34. The Hall–Kier alpha value is -1.55. The monoisotopic (exact) mass is 265 g/mol. The largest absolute Gasteiger partial charge is 0.496 e. The van der Waals surface area contributed by atoms with Crippen molar-refractivity contribution < 1.29 is 14.6 Å². The molecule has 1 aromatic rings. The molecule has 2 unspecified atom stereocenters. The average Bonchev–Trinajstić information content (AvgIpc) is 2.27. The van der Waals surface area contributed by atoms with Gasteiger partial charge < -0.3 is 14.7 Å². The zero-order chi connectivity index (χ0) is 14.7. The molecule has 0 radical (unpaired) electrons. The van der Waals surface area contributed by atoms with Crippen molar-refractivity contribution in [2.75, 3.05) is 21.2 Å². The van der Waals surface area contributed by atoms with Gasteiger partial charge in [-0.2, -0.15) is 0 Å². The van der Waals surface area contributed by atoms with Gasteiger partial charge in [-0.15, -0.1) is 0 Å². The van der Waals surface area contributed by atoms with E-state index in [0.717, 1.165) is 22.4 Å². The van der Waals surface area contributed by atoms with Crippen LogP contribution in [-0.4, -0.2) is 37.2 Å². The maximum Gasteiger partial charge on any atom is 0.308 e. The van der Waals surface area contributed by atoms with Crippen molar-refractivity contribution in [1.29, 1.82) is 0 Å². The number of carboxylic acid groups (broad SMARTS) is 1. The molecule has 19 heavy (non-hydrogen) atoms. The molecular formula is C15H23NO3. The number of rotatable bonds is 5. The number of nitrogens with zero attached hydrogens (tertiary/aromatic N) is 1. The number of benzene rings is 1. The molecule has 0 bridgehead atoms. The van der Waals surface area contributed by atoms with Crippen molar-refractivity contribution in [3.8, 4) is 5.75 Å². The highest BCUT2D eigenvalue weighted by Crippen LogP contribution is 2.36. The fraction of sp³-hybridized carbons (Fsp3) is 0.533. The number of hydrogen-bond acceptors (Lipinski definition) is 3. The number of aliphatic carboxylic acids is 1. The standard InChI is InChI=1S/C15H23NO3/c1-9-7-10(2)14(19-6)12(8-9)13(16(4)5)11(3)15(17)18/h7-8,11,13H,1-6H3,(H,17,18).